The highest BCUT2D eigenvalue weighted by atomic mass is 35.5. The number of nitrogens with zero attached hydrogens (tertiary/aromatic N) is 1. The standard InChI is InChI=1S/C16H24ClNO3/c1-11(2)10-20-6-7-21-15(19)12-8-13(16(3,4)5)18-14(17)9-12/h8-9,11H,6-7,10H2,1-5H3. The molecule has 4 nitrogen and oxygen atoms in total. The Morgan fingerprint density at radius 1 is 1.29 bits per heavy atom. The van der Waals surface area contributed by atoms with Gasteiger partial charge in [-0.15, -0.1) is 0 Å². The van der Waals surface area contributed by atoms with Gasteiger partial charge in [0.15, 0.2) is 0 Å². The number of ether oxygens (including phenoxy) is 2. The second-order valence-electron chi connectivity index (χ2n) is 6.42. The Labute approximate surface area is 131 Å². The Morgan fingerprint density at radius 3 is 2.52 bits per heavy atom. The third-order valence-corrected chi connectivity index (χ3v) is 2.90. The van der Waals surface area contributed by atoms with Crippen LogP contribution in [0.15, 0.2) is 12.1 Å². The molecule has 0 aliphatic rings. The van der Waals surface area contributed by atoms with Crippen molar-refractivity contribution in [2.75, 3.05) is 19.8 Å². The molecule has 0 bridgehead atoms. The van der Waals surface area contributed by atoms with Crippen molar-refractivity contribution < 1.29 is 14.3 Å². The molecule has 0 aliphatic carbocycles. The molecule has 21 heavy (non-hydrogen) atoms. The molecule has 0 atom stereocenters. The number of rotatable bonds is 6. The van der Waals surface area contributed by atoms with Gasteiger partial charge in [-0.3, -0.25) is 0 Å². The van der Waals surface area contributed by atoms with E-state index in [4.69, 9.17) is 21.1 Å². The molecule has 0 amide bonds. The Morgan fingerprint density at radius 2 is 1.95 bits per heavy atom. The van der Waals surface area contributed by atoms with Gasteiger partial charge in [-0.1, -0.05) is 46.2 Å². The minimum absolute atomic E-state index is 0.180. The van der Waals surface area contributed by atoms with E-state index >= 15 is 0 Å². The summed E-state index contributed by atoms with van der Waals surface area (Å²) in [5.74, 6) is 0.0620. The van der Waals surface area contributed by atoms with Crippen molar-refractivity contribution in [2.24, 2.45) is 5.92 Å². The lowest BCUT2D eigenvalue weighted by molar-refractivity contribution is 0.0277. The van der Waals surface area contributed by atoms with Gasteiger partial charge in [0, 0.05) is 17.7 Å². The van der Waals surface area contributed by atoms with E-state index in [0.29, 0.717) is 29.8 Å². The molecule has 1 aromatic heterocycles. The summed E-state index contributed by atoms with van der Waals surface area (Å²) in [4.78, 5) is 16.3. The molecule has 1 heterocycles. The zero-order chi connectivity index (χ0) is 16.0. The van der Waals surface area contributed by atoms with Gasteiger partial charge in [-0.25, -0.2) is 9.78 Å². The summed E-state index contributed by atoms with van der Waals surface area (Å²) >= 11 is 5.98. The lowest BCUT2D eigenvalue weighted by Gasteiger charge is -2.18. The molecular formula is C16H24ClNO3. The molecule has 0 N–H and O–H groups in total. The van der Waals surface area contributed by atoms with E-state index in [1.54, 1.807) is 6.07 Å². The fourth-order valence-corrected chi connectivity index (χ4v) is 1.80. The van der Waals surface area contributed by atoms with Crippen LogP contribution in [0.2, 0.25) is 5.15 Å². The van der Waals surface area contributed by atoms with Gasteiger partial charge in [-0.05, 0) is 18.1 Å². The molecule has 0 spiro atoms. The van der Waals surface area contributed by atoms with E-state index in [1.165, 1.54) is 6.07 Å². The Bertz CT molecular complexity index is 481. The van der Waals surface area contributed by atoms with Crippen molar-refractivity contribution >= 4 is 17.6 Å². The highest BCUT2D eigenvalue weighted by Gasteiger charge is 2.19. The Hall–Kier alpha value is -1.13. The molecule has 0 radical (unpaired) electrons. The van der Waals surface area contributed by atoms with Crippen molar-refractivity contribution in [1.29, 1.82) is 0 Å². The van der Waals surface area contributed by atoms with E-state index in [1.807, 2.05) is 20.8 Å². The van der Waals surface area contributed by atoms with Gasteiger partial charge < -0.3 is 9.47 Å². The fourth-order valence-electron chi connectivity index (χ4n) is 1.59. The number of pyridine rings is 1. The molecule has 1 aromatic rings. The Kier molecular flexibility index (Phi) is 6.62. The van der Waals surface area contributed by atoms with Crippen molar-refractivity contribution in [3.8, 4) is 0 Å². The van der Waals surface area contributed by atoms with Crippen LogP contribution in [0.25, 0.3) is 0 Å². The maximum atomic E-state index is 12.0. The van der Waals surface area contributed by atoms with Crippen LogP contribution < -0.4 is 0 Å². The molecule has 5 heteroatoms. The van der Waals surface area contributed by atoms with Crippen LogP contribution in [0.5, 0.6) is 0 Å². The zero-order valence-corrected chi connectivity index (χ0v) is 14.2. The first-order valence-corrected chi connectivity index (χ1v) is 7.51. The van der Waals surface area contributed by atoms with Crippen LogP contribution in [-0.4, -0.2) is 30.8 Å². The SMILES string of the molecule is CC(C)COCCOC(=O)c1cc(Cl)nc(C(C)(C)C)c1. The third kappa shape index (κ3) is 6.44. The lowest BCUT2D eigenvalue weighted by atomic mass is 9.91. The molecular weight excluding hydrogens is 290 g/mol. The minimum Gasteiger partial charge on any atom is -0.460 e. The number of hydrogen-bond donors (Lipinski definition) is 0. The van der Waals surface area contributed by atoms with Gasteiger partial charge in [0.05, 0.1) is 12.2 Å². The fraction of sp³-hybridized carbons (Fsp3) is 0.625. The second-order valence-corrected chi connectivity index (χ2v) is 6.81. The molecule has 0 saturated heterocycles. The number of esters is 1. The van der Waals surface area contributed by atoms with E-state index < -0.39 is 5.97 Å². The summed E-state index contributed by atoms with van der Waals surface area (Å²) in [5, 5.41) is 0.297. The summed E-state index contributed by atoms with van der Waals surface area (Å²) in [6.07, 6.45) is 0. The normalized spacial score (nSPS) is 11.8. The Balaban J connectivity index is 2.60. The average Bonchev–Trinajstić information content (AvgIpc) is 2.36. The minimum atomic E-state index is -0.405. The first kappa shape index (κ1) is 17.9. The van der Waals surface area contributed by atoms with Gasteiger partial charge >= 0.3 is 5.97 Å². The highest BCUT2D eigenvalue weighted by molar-refractivity contribution is 6.29. The van der Waals surface area contributed by atoms with Crippen LogP contribution >= 0.6 is 11.6 Å². The maximum absolute atomic E-state index is 12.0. The maximum Gasteiger partial charge on any atom is 0.338 e. The van der Waals surface area contributed by atoms with Crippen molar-refractivity contribution in [1.82, 2.24) is 4.98 Å². The van der Waals surface area contributed by atoms with Crippen LogP contribution in [-0.2, 0) is 14.9 Å². The summed E-state index contributed by atoms with van der Waals surface area (Å²) in [6.45, 7) is 11.5. The third-order valence-electron chi connectivity index (χ3n) is 2.71. The highest BCUT2D eigenvalue weighted by Crippen LogP contribution is 2.23. The smallest absolute Gasteiger partial charge is 0.338 e. The predicted molar refractivity (Wildman–Crippen MR) is 83.9 cm³/mol. The van der Waals surface area contributed by atoms with E-state index in [9.17, 15) is 4.79 Å². The number of aromatic nitrogens is 1. The van der Waals surface area contributed by atoms with Gasteiger partial charge in [0.1, 0.15) is 11.8 Å². The molecule has 0 aliphatic heterocycles. The average molecular weight is 314 g/mol. The van der Waals surface area contributed by atoms with Crippen LogP contribution in [0, 0.1) is 5.92 Å². The van der Waals surface area contributed by atoms with E-state index in [0.717, 1.165) is 5.69 Å². The molecule has 0 unspecified atom stereocenters. The van der Waals surface area contributed by atoms with Crippen LogP contribution in [0.3, 0.4) is 0 Å². The first-order valence-electron chi connectivity index (χ1n) is 7.13. The van der Waals surface area contributed by atoms with Gasteiger partial charge in [-0.2, -0.15) is 0 Å². The van der Waals surface area contributed by atoms with E-state index in [2.05, 4.69) is 18.8 Å². The molecule has 0 saturated carbocycles. The number of carbonyl (C=O) groups is 1. The monoisotopic (exact) mass is 313 g/mol. The first-order chi connectivity index (χ1) is 9.70. The molecule has 118 valence electrons. The molecule has 0 fully saturated rings. The number of carbonyl (C=O) groups excluding carboxylic acids is 1. The topological polar surface area (TPSA) is 48.4 Å². The summed E-state index contributed by atoms with van der Waals surface area (Å²) in [5.41, 5.74) is 1.00. The summed E-state index contributed by atoms with van der Waals surface area (Å²) in [7, 11) is 0. The summed E-state index contributed by atoms with van der Waals surface area (Å²) in [6, 6.07) is 3.25. The van der Waals surface area contributed by atoms with Crippen LogP contribution in [0.1, 0.15) is 50.7 Å². The molecule has 1 rings (SSSR count). The van der Waals surface area contributed by atoms with Crippen LogP contribution in [0.4, 0.5) is 0 Å². The predicted octanol–water partition coefficient (Wildman–Crippen LogP) is 3.86. The lowest BCUT2D eigenvalue weighted by Crippen LogP contribution is -2.17. The van der Waals surface area contributed by atoms with Gasteiger partial charge in [0.25, 0.3) is 0 Å². The van der Waals surface area contributed by atoms with Crippen molar-refractivity contribution in [3.63, 3.8) is 0 Å². The van der Waals surface area contributed by atoms with Crippen molar-refractivity contribution in [3.05, 3.63) is 28.5 Å². The van der Waals surface area contributed by atoms with E-state index in [-0.39, 0.29) is 12.0 Å². The zero-order valence-electron chi connectivity index (χ0n) is 13.4. The second kappa shape index (κ2) is 7.76. The number of hydrogen-bond acceptors (Lipinski definition) is 4. The number of halogens is 1. The quantitative estimate of drug-likeness (QED) is 0.454. The summed E-state index contributed by atoms with van der Waals surface area (Å²) < 4.78 is 10.5. The van der Waals surface area contributed by atoms with Gasteiger partial charge in [0.2, 0.25) is 0 Å². The molecule has 0 aromatic carbocycles. The van der Waals surface area contributed by atoms with Crippen molar-refractivity contribution in [2.45, 2.75) is 40.0 Å². The largest absolute Gasteiger partial charge is 0.460 e.